The smallest absolute Gasteiger partial charge is 0.0705 e. The molecule has 0 spiro atoms. The first-order valence-electron chi connectivity index (χ1n) is 7.91. The maximum Gasteiger partial charge on any atom is 0.0705 e. The highest BCUT2D eigenvalue weighted by Gasteiger charge is 2.33. The molecule has 1 saturated carbocycles. The van der Waals surface area contributed by atoms with E-state index in [4.69, 9.17) is 4.98 Å². The maximum atomic E-state index is 9.83. The van der Waals surface area contributed by atoms with E-state index in [-0.39, 0.29) is 12.1 Å². The topological polar surface area (TPSA) is 45.1 Å². The number of benzene rings is 1. The Morgan fingerprint density at radius 2 is 2.14 bits per heavy atom. The van der Waals surface area contributed by atoms with Gasteiger partial charge in [0.05, 0.1) is 17.8 Å². The van der Waals surface area contributed by atoms with E-state index in [1.54, 1.807) is 0 Å². The summed E-state index contributed by atoms with van der Waals surface area (Å²) in [5, 5.41) is 14.6. The number of hydrogen-bond acceptors (Lipinski definition) is 3. The third-order valence-corrected chi connectivity index (χ3v) is 4.69. The van der Waals surface area contributed by atoms with Crippen LogP contribution in [0.25, 0.3) is 10.9 Å². The minimum atomic E-state index is -0.120. The van der Waals surface area contributed by atoms with Crippen LogP contribution in [0, 0.1) is 5.92 Å². The van der Waals surface area contributed by atoms with Crippen molar-refractivity contribution in [2.24, 2.45) is 5.92 Å². The van der Waals surface area contributed by atoms with Gasteiger partial charge in [-0.25, -0.2) is 0 Å². The molecule has 0 amide bonds. The molecule has 2 N–H and O–H groups in total. The van der Waals surface area contributed by atoms with E-state index in [0.717, 1.165) is 30.6 Å². The predicted molar refractivity (Wildman–Crippen MR) is 86.0 cm³/mol. The number of rotatable bonds is 4. The quantitative estimate of drug-likeness (QED) is 0.905. The molecule has 0 bridgehead atoms. The van der Waals surface area contributed by atoms with Crippen LogP contribution >= 0.6 is 0 Å². The van der Waals surface area contributed by atoms with Crippen molar-refractivity contribution >= 4 is 10.9 Å². The molecule has 1 heterocycles. The molecule has 1 fully saturated rings. The molecule has 2 unspecified atom stereocenters. The Morgan fingerprint density at radius 1 is 1.29 bits per heavy atom. The minimum Gasteiger partial charge on any atom is -0.394 e. The van der Waals surface area contributed by atoms with E-state index in [9.17, 15) is 5.11 Å². The molecule has 1 aliphatic rings. The van der Waals surface area contributed by atoms with E-state index < -0.39 is 0 Å². The SMILES string of the molecule is CC1CCCC(CO)(NCc2ccc3ccccc3n2)C1. The van der Waals surface area contributed by atoms with Gasteiger partial charge in [-0.2, -0.15) is 0 Å². The summed E-state index contributed by atoms with van der Waals surface area (Å²) in [4.78, 5) is 4.70. The highest BCUT2D eigenvalue weighted by Crippen LogP contribution is 2.32. The van der Waals surface area contributed by atoms with Gasteiger partial charge in [0.2, 0.25) is 0 Å². The summed E-state index contributed by atoms with van der Waals surface area (Å²) in [7, 11) is 0. The molecule has 21 heavy (non-hydrogen) atoms. The van der Waals surface area contributed by atoms with E-state index >= 15 is 0 Å². The molecule has 3 rings (SSSR count). The van der Waals surface area contributed by atoms with E-state index in [2.05, 4.69) is 30.4 Å². The molecule has 3 nitrogen and oxygen atoms in total. The van der Waals surface area contributed by atoms with Crippen LogP contribution in [0.5, 0.6) is 0 Å². The number of fused-ring (bicyclic) bond motifs is 1. The molecular formula is C18H24N2O. The second-order valence-electron chi connectivity index (χ2n) is 6.49. The lowest BCUT2D eigenvalue weighted by molar-refractivity contribution is 0.0979. The van der Waals surface area contributed by atoms with E-state index in [1.807, 2.05) is 18.2 Å². The monoisotopic (exact) mass is 284 g/mol. The molecule has 112 valence electrons. The van der Waals surface area contributed by atoms with Gasteiger partial charge in [-0.3, -0.25) is 4.98 Å². The van der Waals surface area contributed by atoms with Crippen LogP contribution in [0.1, 0.15) is 38.3 Å². The summed E-state index contributed by atoms with van der Waals surface area (Å²) in [6.45, 7) is 3.21. The standard InChI is InChI=1S/C18H24N2O/c1-14-5-4-10-18(11-14,13-21)19-12-16-9-8-15-6-2-3-7-17(15)20-16/h2-3,6-9,14,19,21H,4-5,10-13H2,1H3. The van der Waals surface area contributed by atoms with Crippen molar-refractivity contribution in [1.29, 1.82) is 0 Å². The summed E-state index contributed by atoms with van der Waals surface area (Å²) < 4.78 is 0. The van der Waals surface area contributed by atoms with Crippen LogP contribution in [0.15, 0.2) is 36.4 Å². The maximum absolute atomic E-state index is 9.83. The van der Waals surface area contributed by atoms with Crippen LogP contribution in [0.3, 0.4) is 0 Å². The average Bonchev–Trinajstić information content (AvgIpc) is 2.53. The van der Waals surface area contributed by atoms with Crippen LogP contribution < -0.4 is 5.32 Å². The molecule has 3 heteroatoms. The third-order valence-electron chi connectivity index (χ3n) is 4.69. The molecule has 1 aromatic carbocycles. The minimum absolute atomic E-state index is 0.120. The molecule has 2 aromatic rings. The number of para-hydroxylation sites is 1. The molecule has 2 atom stereocenters. The number of hydrogen-bond donors (Lipinski definition) is 2. The van der Waals surface area contributed by atoms with E-state index in [0.29, 0.717) is 5.92 Å². The summed E-state index contributed by atoms with van der Waals surface area (Å²) in [6.07, 6.45) is 4.58. The number of nitrogens with one attached hydrogen (secondary N) is 1. The third kappa shape index (κ3) is 3.25. The van der Waals surface area contributed by atoms with Crippen LogP contribution in [-0.2, 0) is 6.54 Å². The zero-order valence-corrected chi connectivity index (χ0v) is 12.7. The van der Waals surface area contributed by atoms with Crippen molar-refractivity contribution in [3.8, 4) is 0 Å². The van der Waals surface area contributed by atoms with Crippen LogP contribution in [-0.4, -0.2) is 22.2 Å². The molecule has 1 aromatic heterocycles. The normalized spacial score (nSPS) is 26.1. The molecule has 1 aliphatic carbocycles. The zero-order chi connectivity index (χ0) is 14.7. The van der Waals surface area contributed by atoms with Crippen LogP contribution in [0.2, 0.25) is 0 Å². The van der Waals surface area contributed by atoms with E-state index in [1.165, 1.54) is 18.2 Å². The largest absolute Gasteiger partial charge is 0.394 e. The lowest BCUT2D eigenvalue weighted by atomic mass is 9.77. The summed E-state index contributed by atoms with van der Waals surface area (Å²) in [5.74, 6) is 0.683. The van der Waals surface area contributed by atoms with Gasteiger partial charge >= 0.3 is 0 Å². The lowest BCUT2D eigenvalue weighted by Crippen LogP contribution is -2.51. The van der Waals surface area contributed by atoms with Gasteiger partial charge in [-0.15, -0.1) is 0 Å². The molecule has 0 radical (unpaired) electrons. The van der Waals surface area contributed by atoms with Gasteiger partial charge in [-0.1, -0.05) is 44.0 Å². The van der Waals surface area contributed by atoms with Crippen molar-refractivity contribution < 1.29 is 5.11 Å². The number of pyridine rings is 1. The Morgan fingerprint density at radius 3 is 2.95 bits per heavy atom. The second-order valence-corrected chi connectivity index (χ2v) is 6.49. The molecular weight excluding hydrogens is 260 g/mol. The van der Waals surface area contributed by atoms with Crippen molar-refractivity contribution in [1.82, 2.24) is 10.3 Å². The predicted octanol–water partition coefficient (Wildman–Crippen LogP) is 3.27. The van der Waals surface area contributed by atoms with Gasteiger partial charge < -0.3 is 10.4 Å². The Kier molecular flexibility index (Phi) is 4.22. The van der Waals surface area contributed by atoms with Crippen molar-refractivity contribution in [3.63, 3.8) is 0 Å². The average molecular weight is 284 g/mol. The Balaban J connectivity index is 1.72. The van der Waals surface area contributed by atoms with Crippen molar-refractivity contribution in [2.75, 3.05) is 6.61 Å². The fourth-order valence-corrected chi connectivity index (χ4v) is 3.50. The fourth-order valence-electron chi connectivity index (χ4n) is 3.50. The fraction of sp³-hybridized carbons (Fsp3) is 0.500. The number of aliphatic hydroxyl groups excluding tert-OH is 1. The molecule has 0 saturated heterocycles. The van der Waals surface area contributed by atoms with Crippen molar-refractivity contribution in [2.45, 2.75) is 44.7 Å². The van der Waals surface area contributed by atoms with Gasteiger partial charge in [0, 0.05) is 17.5 Å². The van der Waals surface area contributed by atoms with Crippen LogP contribution in [0.4, 0.5) is 0 Å². The van der Waals surface area contributed by atoms with Gasteiger partial charge in [0.1, 0.15) is 0 Å². The Labute approximate surface area is 126 Å². The number of aromatic nitrogens is 1. The first-order valence-corrected chi connectivity index (χ1v) is 7.91. The number of aliphatic hydroxyl groups is 1. The summed E-state index contributed by atoms with van der Waals surface area (Å²) in [5.41, 5.74) is 1.96. The summed E-state index contributed by atoms with van der Waals surface area (Å²) in [6, 6.07) is 12.4. The first kappa shape index (κ1) is 14.5. The first-order chi connectivity index (χ1) is 10.2. The van der Waals surface area contributed by atoms with Gasteiger partial charge in [0.25, 0.3) is 0 Å². The zero-order valence-electron chi connectivity index (χ0n) is 12.7. The number of nitrogens with zero attached hydrogens (tertiary/aromatic N) is 1. The highest BCUT2D eigenvalue weighted by atomic mass is 16.3. The molecule has 0 aliphatic heterocycles. The lowest BCUT2D eigenvalue weighted by Gasteiger charge is -2.39. The summed E-state index contributed by atoms with van der Waals surface area (Å²) >= 11 is 0. The highest BCUT2D eigenvalue weighted by molar-refractivity contribution is 5.78. The second kappa shape index (κ2) is 6.12. The van der Waals surface area contributed by atoms with Gasteiger partial charge in [-0.05, 0) is 30.9 Å². The Bertz CT molecular complexity index is 613. The Hall–Kier alpha value is -1.45. The van der Waals surface area contributed by atoms with Gasteiger partial charge in [0.15, 0.2) is 0 Å². The van der Waals surface area contributed by atoms with Crippen molar-refractivity contribution in [3.05, 3.63) is 42.1 Å².